The molecule has 0 radical (unpaired) electrons. The van der Waals surface area contributed by atoms with E-state index >= 15 is 0 Å². The van der Waals surface area contributed by atoms with Gasteiger partial charge in [0.2, 0.25) is 0 Å². The molecule has 2 rings (SSSR count). The largest absolute Gasteiger partial charge is 0.298 e. The van der Waals surface area contributed by atoms with Crippen LogP contribution in [0.5, 0.6) is 0 Å². The molecular weight excluding hydrogens is 252 g/mol. The first-order chi connectivity index (χ1) is 9.64. The van der Waals surface area contributed by atoms with Crippen LogP contribution in [0.3, 0.4) is 0 Å². The highest BCUT2D eigenvalue weighted by atomic mass is 16.1. The van der Waals surface area contributed by atoms with Gasteiger partial charge in [-0.05, 0) is 19.4 Å². The third-order valence-corrected chi connectivity index (χ3v) is 3.48. The molecule has 0 N–H and O–H groups in total. The van der Waals surface area contributed by atoms with Crippen LogP contribution in [0, 0.1) is 11.3 Å². The van der Waals surface area contributed by atoms with Crippen LogP contribution in [-0.2, 0) is 23.2 Å². The Bertz CT molecular complexity index is 641. The Labute approximate surface area is 117 Å². The van der Waals surface area contributed by atoms with Crippen LogP contribution in [0.25, 0.3) is 0 Å². The first-order valence-electron chi connectivity index (χ1n) is 6.48. The fourth-order valence-electron chi connectivity index (χ4n) is 2.26. The molecule has 5 heteroatoms. The first kappa shape index (κ1) is 13.9. The maximum atomic E-state index is 12.1. The molecule has 20 heavy (non-hydrogen) atoms. The average Bonchev–Trinajstić information content (AvgIpc) is 2.92. The molecule has 1 aromatic carbocycles. The van der Waals surface area contributed by atoms with E-state index in [1.165, 1.54) is 13.3 Å². The summed E-state index contributed by atoms with van der Waals surface area (Å²) in [5, 5.41) is 13.7. The van der Waals surface area contributed by atoms with Crippen LogP contribution in [0.2, 0.25) is 0 Å². The summed E-state index contributed by atoms with van der Waals surface area (Å²) in [6.45, 7) is 4.05. The van der Waals surface area contributed by atoms with Gasteiger partial charge in [-0.15, -0.1) is 0 Å². The summed E-state index contributed by atoms with van der Waals surface area (Å²) in [5.41, 5.74) is -0.512. The minimum Gasteiger partial charge on any atom is -0.298 e. The van der Waals surface area contributed by atoms with E-state index in [1.807, 2.05) is 25.1 Å². The molecule has 0 aliphatic rings. The maximum Gasteiger partial charge on any atom is 0.154 e. The summed E-state index contributed by atoms with van der Waals surface area (Å²) < 4.78 is 1.71. The molecule has 1 aromatic heterocycles. The van der Waals surface area contributed by atoms with Gasteiger partial charge in [0.15, 0.2) is 5.78 Å². The molecule has 0 saturated heterocycles. The van der Waals surface area contributed by atoms with Gasteiger partial charge < -0.3 is 0 Å². The number of carbonyl (C=O) groups excluding carboxylic acids is 1. The van der Waals surface area contributed by atoms with Crippen molar-refractivity contribution in [3.8, 4) is 6.07 Å². The fraction of sp³-hybridized carbons (Fsp3) is 0.333. The quantitative estimate of drug-likeness (QED) is 0.830. The van der Waals surface area contributed by atoms with E-state index < -0.39 is 5.41 Å². The topological polar surface area (TPSA) is 71.6 Å². The van der Waals surface area contributed by atoms with Gasteiger partial charge in [-0.2, -0.15) is 10.4 Å². The molecule has 0 saturated carbocycles. The molecule has 1 atom stereocenters. The molecule has 1 heterocycles. The van der Waals surface area contributed by atoms with E-state index in [0.717, 1.165) is 0 Å². The Hall–Kier alpha value is -2.48. The third kappa shape index (κ3) is 2.32. The van der Waals surface area contributed by atoms with Crippen molar-refractivity contribution in [1.29, 1.82) is 5.26 Å². The zero-order valence-electron chi connectivity index (χ0n) is 11.6. The highest BCUT2D eigenvalue weighted by molar-refractivity contribution is 5.91. The number of hydrogen-bond donors (Lipinski definition) is 0. The minimum absolute atomic E-state index is 0.183. The summed E-state index contributed by atoms with van der Waals surface area (Å²) in [6.07, 6.45) is 1.68. The number of rotatable bonds is 5. The van der Waals surface area contributed by atoms with Gasteiger partial charge in [-0.1, -0.05) is 30.3 Å². The van der Waals surface area contributed by atoms with E-state index in [0.29, 0.717) is 17.9 Å². The Morgan fingerprint density at radius 1 is 1.40 bits per heavy atom. The number of benzene rings is 1. The molecule has 0 amide bonds. The van der Waals surface area contributed by atoms with Crippen LogP contribution in [0.15, 0.2) is 36.7 Å². The Balaban J connectivity index is 2.49. The lowest BCUT2D eigenvalue weighted by molar-refractivity contribution is -0.120. The lowest BCUT2D eigenvalue weighted by atomic mass is 9.75. The van der Waals surface area contributed by atoms with E-state index in [1.54, 1.807) is 16.8 Å². The molecule has 2 aromatic rings. The van der Waals surface area contributed by atoms with Crippen LogP contribution >= 0.6 is 0 Å². The van der Waals surface area contributed by atoms with Crippen molar-refractivity contribution in [3.05, 3.63) is 48.0 Å². The summed E-state index contributed by atoms with van der Waals surface area (Å²) in [4.78, 5) is 16.3. The van der Waals surface area contributed by atoms with Crippen LogP contribution in [-0.4, -0.2) is 20.5 Å². The van der Waals surface area contributed by atoms with Crippen molar-refractivity contribution in [1.82, 2.24) is 14.8 Å². The summed E-state index contributed by atoms with van der Waals surface area (Å²) in [7, 11) is 0. The molecule has 0 spiro atoms. The monoisotopic (exact) mass is 268 g/mol. The van der Waals surface area contributed by atoms with Gasteiger partial charge in [-0.3, -0.25) is 9.48 Å². The normalized spacial score (nSPS) is 13.4. The maximum absolute atomic E-state index is 12.1. The first-order valence-corrected chi connectivity index (χ1v) is 6.48. The van der Waals surface area contributed by atoms with Crippen molar-refractivity contribution in [2.75, 3.05) is 0 Å². The Kier molecular flexibility index (Phi) is 3.94. The van der Waals surface area contributed by atoms with Gasteiger partial charge >= 0.3 is 0 Å². The molecule has 0 bridgehead atoms. The number of aromatic nitrogens is 3. The second-order valence-corrected chi connectivity index (χ2v) is 4.61. The van der Waals surface area contributed by atoms with E-state index in [9.17, 15) is 10.1 Å². The summed E-state index contributed by atoms with van der Waals surface area (Å²) >= 11 is 0. The zero-order chi connectivity index (χ0) is 14.6. The number of nitriles is 1. The molecule has 5 nitrogen and oxygen atoms in total. The van der Waals surface area contributed by atoms with Crippen molar-refractivity contribution < 1.29 is 4.79 Å². The predicted octanol–water partition coefficient (Wildman–Crippen LogP) is 1.89. The van der Waals surface area contributed by atoms with E-state index in [4.69, 9.17) is 0 Å². The number of hydrogen-bond acceptors (Lipinski definition) is 4. The molecule has 102 valence electrons. The van der Waals surface area contributed by atoms with Gasteiger partial charge in [0.05, 0.1) is 6.07 Å². The van der Waals surface area contributed by atoms with Crippen molar-refractivity contribution in [2.45, 2.75) is 32.2 Å². The lowest BCUT2D eigenvalue weighted by Gasteiger charge is -2.23. The molecular formula is C15H16N4O. The summed E-state index contributed by atoms with van der Waals surface area (Å²) in [6, 6.07) is 11.3. The number of carbonyl (C=O) groups is 1. The molecule has 0 aliphatic carbocycles. The van der Waals surface area contributed by atoms with Gasteiger partial charge in [0.1, 0.15) is 17.6 Å². The number of aryl methyl sites for hydroxylation is 1. The zero-order valence-corrected chi connectivity index (χ0v) is 11.6. The van der Waals surface area contributed by atoms with Crippen LogP contribution < -0.4 is 0 Å². The standard InChI is InChI=1S/C15H16N4O/c1-3-19-14(17-11-18-19)9-15(10-16,12(2)20)13-7-5-4-6-8-13/h4-8,11H,3,9H2,1-2H3. The fourth-order valence-corrected chi connectivity index (χ4v) is 2.26. The Morgan fingerprint density at radius 3 is 2.65 bits per heavy atom. The molecule has 1 unspecified atom stereocenters. The van der Waals surface area contributed by atoms with Crippen molar-refractivity contribution in [2.24, 2.45) is 0 Å². The lowest BCUT2D eigenvalue weighted by Crippen LogP contribution is -2.36. The predicted molar refractivity (Wildman–Crippen MR) is 73.8 cm³/mol. The number of Topliss-reactive ketones (excluding diaryl/α,β-unsaturated/α-hetero) is 1. The van der Waals surface area contributed by atoms with Crippen molar-refractivity contribution in [3.63, 3.8) is 0 Å². The van der Waals surface area contributed by atoms with Crippen molar-refractivity contribution >= 4 is 5.78 Å². The average molecular weight is 268 g/mol. The SMILES string of the molecule is CCn1ncnc1CC(C#N)(C(C)=O)c1ccccc1. The molecule has 0 aliphatic heterocycles. The van der Waals surface area contributed by atoms with Gasteiger partial charge in [0, 0.05) is 13.0 Å². The van der Waals surface area contributed by atoms with E-state index in [2.05, 4.69) is 16.2 Å². The Morgan fingerprint density at radius 2 is 2.10 bits per heavy atom. The second kappa shape index (κ2) is 5.66. The minimum atomic E-state index is -1.21. The smallest absolute Gasteiger partial charge is 0.154 e. The summed E-state index contributed by atoms with van der Waals surface area (Å²) in [5.74, 6) is 0.463. The number of nitrogens with zero attached hydrogens (tertiary/aromatic N) is 4. The molecule has 0 fully saturated rings. The van der Waals surface area contributed by atoms with E-state index in [-0.39, 0.29) is 12.2 Å². The highest BCUT2D eigenvalue weighted by Crippen LogP contribution is 2.28. The van der Waals surface area contributed by atoms with Gasteiger partial charge in [0.25, 0.3) is 0 Å². The van der Waals surface area contributed by atoms with Gasteiger partial charge in [-0.25, -0.2) is 4.98 Å². The number of ketones is 1. The second-order valence-electron chi connectivity index (χ2n) is 4.61. The van der Waals surface area contributed by atoms with Crippen LogP contribution in [0.4, 0.5) is 0 Å². The highest BCUT2D eigenvalue weighted by Gasteiger charge is 2.39. The third-order valence-electron chi connectivity index (χ3n) is 3.48. The van der Waals surface area contributed by atoms with Crippen LogP contribution in [0.1, 0.15) is 25.2 Å².